The van der Waals surface area contributed by atoms with Gasteiger partial charge in [0.2, 0.25) is 0 Å². The molecular weight excluding hydrogens is 164 g/mol. The van der Waals surface area contributed by atoms with Crippen molar-refractivity contribution in [3.05, 3.63) is 0 Å². The highest BCUT2D eigenvalue weighted by molar-refractivity contribution is 5.02. The van der Waals surface area contributed by atoms with Crippen molar-refractivity contribution in [3.8, 4) is 0 Å². The molecule has 0 aliphatic heterocycles. The van der Waals surface area contributed by atoms with Crippen LogP contribution in [-0.2, 0) is 0 Å². The predicted molar refractivity (Wildman–Crippen MR) is 53.4 cm³/mol. The van der Waals surface area contributed by atoms with E-state index >= 15 is 0 Å². The van der Waals surface area contributed by atoms with Crippen LogP contribution in [0.15, 0.2) is 0 Å². The number of aliphatic hydroxyl groups excluding tert-OH is 2. The van der Waals surface area contributed by atoms with Crippen LogP contribution in [0.4, 0.5) is 0 Å². The van der Waals surface area contributed by atoms with Gasteiger partial charge in [0.05, 0.1) is 12.7 Å². The first-order valence-corrected chi connectivity index (χ1v) is 5.15. The van der Waals surface area contributed by atoms with Crippen LogP contribution in [0.5, 0.6) is 0 Å². The average Bonchev–Trinajstić information content (AvgIpc) is 2.29. The van der Waals surface area contributed by atoms with Crippen LogP contribution >= 0.6 is 0 Å². The quantitative estimate of drug-likeness (QED) is 0.690. The first-order valence-electron chi connectivity index (χ1n) is 5.15. The Bertz CT molecular complexity index is 189. The zero-order valence-corrected chi connectivity index (χ0v) is 9.17. The van der Waals surface area contributed by atoms with Gasteiger partial charge in [0.1, 0.15) is 0 Å². The van der Waals surface area contributed by atoms with Gasteiger partial charge in [0.15, 0.2) is 0 Å². The molecule has 2 heteroatoms. The highest BCUT2D eigenvalue weighted by Gasteiger charge is 2.53. The third-order valence-corrected chi connectivity index (χ3v) is 4.71. The molecule has 0 spiro atoms. The molecule has 1 aliphatic carbocycles. The zero-order valence-electron chi connectivity index (χ0n) is 9.17. The second-order valence-corrected chi connectivity index (χ2v) is 5.28. The van der Waals surface area contributed by atoms with Gasteiger partial charge in [-0.15, -0.1) is 0 Å². The molecule has 0 aromatic carbocycles. The molecule has 2 nitrogen and oxygen atoms in total. The van der Waals surface area contributed by atoms with Gasteiger partial charge in [-0.3, -0.25) is 0 Å². The van der Waals surface area contributed by atoms with Crippen molar-refractivity contribution >= 4 is 0 Å². The lowest BCUT2D eigenvalue weighted by Crippen LogP contribution is -2.44. The lowest BCUT2D eigenvalue weighted by atomic mass is 9.63. The lowest BCUT2D eigenvalue weighted by molar-refractivity contribution is -0.0659. The van der Waals surface area contributed by atoms with Crippen LogP contribution in [0, 0.1) is 16.7 Å². The van der Waals surface area contributed by atoms with Crippen molar-refractivity contribution in [2.24, 2.45) is 16.7 Å². The maximum atomic E-state index is 9.82. The Morgan fingerprint density at radius 2 is 1.92 bits per heavy atom. The van der Waals surface area contributed by atoms with Crippen molar-refractivity contribution in [1.82, 2.24) is 0 Å². The third-order valence-electron chi connectivity index (χ3n) is 4.71. The largest absolute Gasteiger partial charge is 0.394 e. The van der Waals surface area contributed by atoms with E-state index in [4.69, 9.17) is 5.11 Å². The molecule has 13 heavy (non-hydrogen) atoms. The van der Waals surface area contributed by atoms with E-state index in [-0.39, 0.29) is 17.4 Å². The fourth-order valence-corrected chi connectivity index (χ4v) is 2.56. The molecule has 2 N–H and O–H groups in total. The number of hydrogen-bond acceptors (Lipinski definition) is 2. The van der Waals surface area contributed by atoms with Crippen molar-refractivity contribution in [1.29, 1.82) is 0 Å². The van der Waals surface area contributed by atoms with Gasteiger partial charge in [0.25, 0.3) is 0 Å². The molecule has 78 valence electrons. The minimum Gasteiger partial charge on any atom is -0.394 e. The SMILES string of the molecule is C[C@H]1CC[C@](C)([C@H](O)CO)C1(C)C. The Labute approximate surface area is 81.0 Å². The fourth-order valence-electron chi connectivity index (χ4n) is 2.56. The molecule has 3 atom stereocenters. The van der Waals surface area contributed by atoms with Gasteiger partial charge in [-0.05, 0) is 24.2 Å². The molecule has 0 heterocycles. The third kappa shape index (κ3) is 1.40. The van der Waals surface area contributed by atoms with Gasteiger partial charge < -0.3 is 10.2 Å². The molecule has 1 fully saturated rings. The summed E-state index contributed by atoms with van der Waals surface area (Å²) in [6, 6.07) is 0. The predicted octanol–water partition coefficient (Wildman–Crippen LogP) is 1.80. The van der Waals surface area contributed by atoms with Crippen molar-refractivity contribution < 1.29 is 10.2 Å². The second kappa shape index (κ2) is 3.25. The molecule has 0 saturated heterocycles. The number of aliphatic hydroxyl groups is 2. The van der Waals surface area contributed by atoms with E-state index in [1.807, 2.05) is 0 Å². The molecular formula is C11H22O2. The topological polar surface area (TPSA) is 40.5 Å². The van der Waals surface area contributed by atoms with E-state index in [0.717, 1.165) is 12.8 Å². The van der Waals surface area contributed by atoms with Crippen molar-refractivity contribution in [3.63, 3.8) is 0 Å². The molecule has 1 saturated carbocycles. The molecule has 0 bridgehead atoms. The van der Waals surface area contributed by atoms with Crippen LogP contribution in [0.1, 0.15) is 40.5 Å². The minimum absolute atomic E-state index is 0.118. The summed E-state index contributed by atoms with van der Waals surface area (Å²) in [4.78, 5) is 0. The molecule has 0 aromatic rings. The normalized spacial score (nSPS) is 40.6. The highest BCUT2D eigenvalue weighted by atomic mass is 16.3. The summed E-state index contributed by atoms with van der Waals surface area (Å²) in [6.07, 6.45) is 1.59. The van der Waals surface area contributed by atoms with Crippen LogP contribution in [0.25, 0.3) is 0 Å². The van der Waals surface area contributed by atoms with Crippen LogP contribution < -0.4 is 0 Å². The maximum Gasteiger partial charge on any atom is 0.0829 e. The Balaban J connectivity index is 2.91. The summed E-state index contributed by atoms with van der Waals surface area (Å²) in [5.41, 5.74) is -0.00366. The number of rotatable bonds is 2. The standard InChI is InChI=1S/C11H22O2/c1-8-5-6-11(4,9(13)7-12)10(8,2)3/h8-9,12-13H,5-7H2,1-4H3/t8-,9+,11+/m0/s1. The minimum atomic E-state index is -0.576. The van der Waals surface area contributed by atoms with Gasteiger partial charge in [-0.1, -0.05) is 27.7 Å². The lowest BCUT2D eigenvalue weighted by Gasteiger charge is -2.43. The molecule has 0 amide bonds. The smallest absolute Gasteiger partial charge is 0.0829 e. The molecule has 0 radical (unpaired) electrons. The summed E-state index contributed by atoms with van der Waals surface area (Å²) >= 11 is 0. The van der Waals surface area contributed by atoms with Gasteiger partial charge in [-0.2, -0.15) is 0 Å². The summed E-state index contributed by atoms with van der Waals surface area (Å²) in [5.74, 6) is 0.624. The number of hydrogen-bond donors (Lipinski definition) is 2. The Kier molecular flexibility index (Phi) is 2.75. The molecule has 1 aliphatic rings. The van der Waals surface area contributed by atoms with E-state index < -0.39 is 6.10 Å². The van der Waals surface area contributed by atoms with Gasteiger partial charge in [0, 0.05) is 5.41 Å². The zero-order chi connectivity index (χ0) is 10.3. The van der Waals surface area contributed by atoms with E-state index in [1.54, 1.807) is 0 Å². The van der Waals surface area contributed by atoms with Gasteiger partial charge >= 0.3 is 0 Å². The van der Waals surface area contributed by atoms with Crippen molar-refractivity contribution in [2.45, 2.75) is 46.6 Å². The molecule has 0 aromatic heterocycles. The highest BCUT2D eigenvalue weighted by Crippen LogP contribution is 2.57. The first kappa shape index (κ1) is 11.0. The van der Waals surface area contributed by atoms with E-state index in [1.165, 1.54) is 0 Å². The van der Waals surface area contributed by atoms with E-state index in [2.05, 4.69) is 27.7 Å². The monoisotopic (exact) mass is 186 g/mol. The van der Waals surface area contributed by atoms with Crippen LogP contribution in [0.3, 0.4) is 0 Å². The Hall–Kier alpha value is -0.0800. The Morgan fingerprint density at radius 3 is 2.23 bits per heavy atom. The fraction of sp³-hybridized carbons (Fsp3) is 1.00. The summed E-state index contributed by atoms with van der Waals surface area (Å²) in [5, 5.41) is 18.8. The van der Waals surface area contributed by atoms with Crippen LogP contribution in [-0.4, -0.2) is 22.9 Å². The van der Waals surface area contributed by atoms with Crippen LogP contribution in [0.2, 0.25) is 0 Å². The summed E-state index contributed by atoms with van der Waals surface area (Å²) in [6.45, 7) is 8.60. The maximum absolute atomic E-state index is 9.82. The van der Waals surface area contributed by atoms with Gasteiger partial charge in [-0.25, -0.2) is 0 Å². The molecule has 1 rings (SSSR count). The molecule has 0 unspecified atom stereocenters. The Morgan fingerprint density at radius 1 is 1.38 bits per heavy atom. The average molecular weight is 186 g/mol. The van der Waals surface area contributed by atoms with Crippen molar-refractivity contribution in [2.75, 3.05) is 6.61 Å². The summed E-state index contributed by atoms with van der Waals surface area (Å²) in [7, 11) is 0. The first-order chi connectivity index (χ1) is 5.86. The van der Waals surface area contributed by atoms with E-state index in [0.29, 0.717) is 5.92 Å². The second-order valence-electron chi connectivity index (χ2n) is 5.28. The summed E-state index contributed by atoms with van der Waals surface area (Å²) < 4.78 is 0. The van der Waals surface area contributed by atoms with E-state index in [9.17, 15) is 5.11 Å².